The number of hydrogen-bond donors (Lipinski definition) is 2. The molecule has 5 heteroatoms. The number of nitrogens with one attached hydrogen (secondary N) is 2. The third kappa shape index (κ3) is 3.60. The van der Waals surface area contributed by atoms with Gasteiger partial charge in [0.05, 0.1) is 5.92 Å². The van der Waals surface area contributed by atoms with Gasteiger partial charge in [0.25, 0.3) is 0 Å². The van der Waals surface area contributed by atoms with Crippen LogP contribution in [0.1, 0.15) is 35.2 Å². The van der Waals surface area contributed by atoms with E-state index in [0.717, 1.165) is 24.8 Å². The predicted octanol–water partition coefficient (Wildman–Crippen LogP) is 3.50. The lowest BCUT2D eigenvalue weighted by Crippen LogP contribution is -2.42. The predicted molar refractivity (Wildman–Crippen MR) is 117 cm³/mol. The van der Waals surface area contributed by atoms with Crippen LogP contribution in [-0.4, -0.2) is 34.3 Å². The number of carbonyl (C=O) groups is 2. The van der Waals surface area contributed by atoms with Gasteiger partial charge in [-0.3, -0.25) is 9.59 Å². The number of likely N-dealkylation sites (tertiary alicyclic amines) is 1. The van der Waals surface area contributed by atoms with E-state index in [-0.39, 0.29) is 23.8 Å². The molecule has 2 amide bonds. The van der Waals surface area contributed by atoms with Crippen molar-refractivity contribution in [3.05, 3.63) is 70.9 Å². The maximum Gasteiger partial charge on any atom is 0.225 e. The van der Waals surface area contributed by atoms with Crippen molar-refractivity contribution < 1.29 is 9.59 Å². The van der Waals surface area contributed by atoms with Gasteiger partial charge in [0.2, 0.25) is 11.8 Å². The highest BCUT2D eigenvalue weighted by Crippen LogP contribution is 2.30. The van der Waals surface area contributed by atoms with Gasteiger partial charge in [-0.15, -0.1) is 0 Å². The van der Waals surface area contributed by atoms with E-state index in [0.29, 0.717) is 19.5 Å². The zero-order valence-corrected chi connectivity index (χ0v) is 17.3. The van der Waals surface area contributed by atoms with Crippen molar-refractivity contribution in [1.29, 1.82) is 0 Å². The van der Waals surface area contributed by atoms with Crippen LogP contribution in [0.4, 0.5) is 0 Å². The van der Waals surface area contributed by atoms with Gasteiger partial charge in [-0.25, -0.2) is 0 Å². The van der Waals surface area contributed by atoms with Crippen molar-refractivity contribution in [3.63, 3.8) is 0 Å². The third-order valence-electron chi connectivity index (χ3n) is 6.49. The Morgan fingerprint density at radius 2 is 2.00 bits per heavy atom. The van der Waals surface area contributed by atoms with E-state index in [1.807, 2.05) is 30.3 Å². The molecule has 154 valence electrons. The summed E-state index contributed by atoms with van der Waals surface area (Å²) in [5.74, 6) is -0.178. The number of aryl methyl sites for hydroxylation is 2. The summed E-state index contributed by atoms with van der Waals surface area (Å²) in [4.78, 5) is 30.7. The van der Waals surface area contributed by atoms with Crippen molar-refractivity contribution in [2.75, 3.05) is 6.54 Å². The minimum atomic E-state index is -0.257. The van der Waals surface area contributed by atoms with Gasteiger partial charge in [-0.2, -0.15) is 0 Å². The van der Waals surface area contributed by atoms with Crippen LogP contribution in [0.15, 0.2) is 48.5 Å². The Bertz CT molecular complexity index is 1100. The summed E-state index contributed by atoms with van der Waals surface area (Å²) in [6.45, 7) is 3.20. The summed E-state index contributed by atoms with van der Waals surface area (Å²) in [6, 6.07) is 16.6. The van der Waals surface area contributed by atoms with Gasteiger partial charge in [-0.05, 0) is 43.0 Å². The average molecular weight is 402 g/mol. The number of hydrogen-bond acceptors (Lipinski definition) is 2. The summed E-state index contributed by atoms with van der Waals surface area (Å²) in [6.07, 6.45) is 3.03. The molecule has 1 aliphatic heterocycles. The molecule has 2 atom stereocenters. The molecule has 0 radical (unpaired) electrons. The molecule has 0 saturated carbocycles. The highest BCUT2D eigenvalue weighted by Gasteiger charge is 2.35. The number of aromatic nitrogens is 1. The smallest absolute Gasteiger partial charge is 0.225 e. The van der Waals surface area contributed by atoms with E-state index in [1.165, 1.54) is 27.7 Å². The van der Waals surface area contributed by atoms with Crippen LogP contribution < -0.4 is 5.32 Å². The molecule has 5 nitrogen and oxygen atoms in total. The van der Waals surface area contributed by atoms with Crippen LogP contribution in [0.2, 0.25) is 0 Å². The maximum atomic E-state index is 12.9. The number of aromatic amines is 1. The summed E-state index contributed by atoms with van der Waals surface area (Å²) < 4.78 is 0. The molecular weight excluding hydrogens is 374 g/mol. The number of amides is 2. The lowest BCUT2D eigenvalue weighted by atomic mass is 9.91. The maximum absolute atomic E-state index is 12.9. The normalized spacial score (nSPS) is 21.1. The van der Waals surface area contributed by atoms with Crippen molar-refractivity contribution in [3.8, 4) is 0 Å². The van der Waals surface area contributed by atoms with Gasteiger partial charge in [0, 0.05) is 48.6 Å². The Labute approximate surface area is 176 Å². The van der Waals surface area contributed by atoms with Crippen LogP contribution in [-0.2, 0) is 29.0 Å². The number of rotatable bonds is 4. The summed E-state index contributed by atoms with van der Waals surface area (Å²) in [5, 5.41) is 4.54. The molecule has 1 saturated heterocycles. The second kappa shape index (κ2) is 7.63. The van der Waals surface area contributed by atoms with Crippen LogP contribution >= 0.6 is 0 Å². The van der Waals surface area contributed by atoms with Crippen LogP contribution in [0.5, 0.6) is 0 Å². The van der Waals surface area contributed by atoms with E-state index in [9.17, 15) is 9.59 Å². The molecule has 2 aromatic carbocycles. The van der Waals surface area contributed by atoms with Crippen molar-refractivity contribution in [1.82, 2.24) is 15.2 Å². The fourth-order valence-corrected chi connectivity index (χ4v) is 4.89. The van der Waals surface area contributed by atoms with E-state index >= 15 is 0 Å². The average Bonchev–Trinajstić information content (AvgIpc) is 3.28. The van der Waals surface area contributed by atoms with Gasteiger partial charge < -0.3 is 15.2 Å². The lowest BCUT2D eigenvalue weighted by molar-refractivity contribution is -0.129. The molecule has 3 aromatic rings. The van der Waals surface area contributed by atoms with Crippen molar-refractivity contribution in [2.45, 2.75) is 45.2 Å². The minimum Gasteiger partial charge on any atom is -0.358 e. The number of nitrogens with zero attached hydrogens (tertiary/aromatic N) is 1. The van der Waals surface area contributed by atoms with E-state index < -0.39 is 0 Å². The second-order valence-electron chi connectivity index (χ2n) is 8.74. The summed E-state index contributed by atoms with van der Waals surface area (Å²) in [7, 11) is 0. The molecule has 0 bridgehead atoms. The topological polar surface area (TPSA) is 65.2 Å². The first-order valence-corrected chi connectivity index (χ1v) is 10.8. The Morgan fingerprint density at radius 1 is 1.17 bits per heavy atom. The molecule has 1 fully saturated rings. The van der Waals surface area contributed by atoms with E-state index in [2.05, 4.69) is 35.4 Å². The van der Waals surface area contributed by atoms with Crippen LogP contribution in [0.25, 0.3) is 10.9 Å². The lowest BCUT2D eigenvalue weighted by Gasteiger charge is -2.25. The van der Waals surface area contributed by atoms with Gasteiger partial charge in [0.1, 0.15) is 0 Å². The Morgan fingerprint density at radius 3 is 2.83 bits per heavy atom. The first-order valence-electron chi connectivity index (χ1n) is 10.8. The van der Waals surface area contributed by atoms with E-state index in [4.69, 9.17) is 0 Å². The zero-order chi connectivity index (χ0) is 20.7. The monoisotopic (exact) mass is 401 g/mol. The molecule has 30 heavy (non-hydrogen) atoms. The fourth-order valence-electron chi connectivity index (χ4n) is 4.89. The molecule has 2 aliphatic rings. The standard InChI is InChI=1S/C25H27N3O2/c1-16-7-10-22-21(11-16)20-9-8-19(13-23(20)27-22)26-25(30)18-12-24(29)28(15-18)14-17-5-3-2-4-6-17/h2-7,10-11,18-19,27H,8-9,12-15H2,1H3,(H,26,30). The summed E-state index contributed by atoms with van der Waals surface area (Å²) in [5.41, 5.74) is 6.17. The molecule has 1 aliphatic carbocycles. The van der Waals surface area contributed by atoms with Gasteiger partial charge in [0.15, 0.2) is 0 Å². The van der Waals surface area contributed by atoms with E-state index in [1.54, 1.807) is 4.90 Å². The Balaban J connectivity index is 1.22. The number of fused-ring (bicyclic) bond motifs is 3. The minimum absolute atomic E-state index is 0.0133. The molecule has 0 spiro atoms. The van der Waals surface area contributed by atoms with Crippen LogP contribution in [0, 0.1) is 12.8 Å². The van der Waals surface area contributed by atoms with Gasteiger partial charge >= 0.3 is 0 Å². The Hall–Kier alpha value is -3.08. The second-order valence-corrected chi connectivity index (χ2v) is 8.74. The molecule has 2 unspecified atom stereocenters. The molecular formula is C25H27N3O2. The molecule has 2 heterocycles. The first-order chi connectivity index (χ1) is 14.6. The first kappa shape index (κ1) is 18.9. The molecule has 5 rings (SSSR count). The number of carbonyl (C=O) groups excluding carboxylic acids is 2. The van der Waals surface area contributed by atoms with Crippen molar-refractivity contribution in [2.24, 2.45) is 5.92 Å². The largest absolute Gasteiger partial charge is 0.358 e. The summed E-state index contributed by atoms with van der Waals surface area (Å²) >= 11 is 0. The SMILES string of the molecule is Cc1ccc2[nH]c3c(c2c1)CCC(NC(=O)C1CC(=O)N(Cc2ccccc2)C1)C3. The fraction of sp³-hybridized carbons (Fsp3) is 0.360. The Kier molecular flexibility index (Phi) is 4.81. The highest BCUT2D eigenvalue weighted by molar-refractivity contribution is 5.89. The number of benzene rings is 2. The third-order valence-corrected chi connectivity index (χ3v) is 6.49. The molecule has 2 N–H and O–H groups in total. The van der Waals surface area contributed by atoms with Gasteiger partial charge in [-0.1, -0.05) is 42.0 Å². The number of H-pyrrole nitrogens is 1. The van der Waals surface area contributed by atoms with Crippen molar-refractivity contribution >= 4 is 22.7 Å². The zero-order valence-electron chi connectivity index (χ0n) is 17.3. The highest BCUT2D eigenvalue weighted by atomic mass is 16.2. The van der Waals surface area contributed by atoms with Crippen LogP contribution in [0.3, 0.4) is 0 Å². The quantitative estimate of drug-likeness (QED) is 0.703. The molecule has 1 aromatic heterocycles.